The van der Waals surface area contributed by atoms with E-state index < -0.39 is 7.92 Å². The third-order valence-electron chi connectivity index (χ3n) is 3.36. The number of fused-ring (bicyclic) bond motifs is 1. The molecule has 0 unspecified atom stereocenters. The van der Waals surface area contributed by atoms with Gasteiger partial charge in [0.15, 0.2) is 5.85 Å². The topological polar surface area (TPSA) is 42.4 Å². The number of hydrogen-bond acceptors (Lipinski definition) is 3. The highest BCUT2D eigenvalue weighted by Gasteiger charge is 2.44. The van der Waals surface area contributed by atoms with Crippen molar-refractivity contribution in [3.63, 3.8) is 0 Å². The number of aromatic nitrogens is 1. The molecule has 0 saturated heterocycles. The summed E-state index contributed by atoms with van der Waals surface area (Å²) in [6, 6.07) is 11.4. The van der Waals surface area contributed by atoms with Crippen molar-refractivity contribution in [2.75, 3.05) is 0 Å². The van der Waals surface area contributed by atoms with Crippen LogP contribution in [-0.2, 0) is 0 Å². The second-order valence-corrected chi connectivity index (χ2v) is 8.89. The molecular formula is C16H18NO2P. The summed E-state index contributed by atoms with van der Waals surface area (Å²) in [7, 11) is -0.697. The number of pyridine rings is 1. The summed E-state index contributed by atoms with van der Waals surface area (Å²) in [4.78, 5) is 4.45. The Balaban J connectivity index is 2.13. The van der Waals surface area contributed by atoms with Crippen molar-refractivity contribution >= 4 is 13.2 Å². The van der Waals surface area contributed by atoms with E-state index in [1.165, 1.54) is 0 Å². The summed E-state index contributed by atoms with van der Waals surface area (Å²) >= 11 is 0. The molecule has 0 fully saturated rings. The molecule has 1 aliphatic rings. The first kappa shape index (κ1) is 13.4. The third-order valence-corrected chi connectivity index (χ3v) is 6.57. The van der Waals surface area contributed by atoms with Crippen molar-refractivity contribution in [3.8, 4) is 11.5 Å². The van der Waals surface area contributed by atoms with Gasteiger partial charge in [-0.1, -0.05) is 32.9 Å². The average molecular weight is 287 g/mol. The number of ether oxygens (including phenoxy) is 1. The van der Waals surface area contributed by atoms with Gasteiger partial charge in [-0.25, -0.2) is 0 Å². The van der Waals surface area contributed by atoms with Gasteiger partial charge in [-0.3, -0.25) is 4.98 Å². The fourth-order valence-corrected chi connectivity index (χ4v) is 5.47. The summed E-state index contributed by atoms with van der Waals surface area (Å²) in [6.07, 6.45) is 1.79. The first-order valence-electron chi connectivity index (χ1n) is 6.67. The smallest absolute Gasteiger partial charge is 0.163 e. The first-order valence-corrected chi connectivity index (χ1v) is 8.08. The quantitative estimate of drug-likeness (QED) is 0.812. The molecule has 104 valence electrons. The van der Waals surface area contributed by atoms with Crippen LogP contribution < -0.4 is 10.0 Å². The van der Waals surface area contributed by atoms with E-state index in [2.05, 4.69) is 25.8 Å². The minimum Gasteiger partial charge on any atom is -0.507 e. The van der Waals surface area contributed by atoms with E-state index in [0.717, 1.165) is 16.7 Å². The van der Waals surface area contributed by atoms with Crippen molar-refractivity contribution in [3.05, 3.63) is 48.3 Å². The maximum Gasteiger partial charge on any atom is 0.163 e. The van der Waals surface area contributed by atoms with Crippen LogP contribution in [-0.4, -0.2) is 15.2 Å². The highest BCUT2D eigenvalue weighted by molar-refractivity contribution is 7.68. The van der Waals surface area contributed by atoms with Gasteiger partial charge >= 0.3 is 0 Å². The van der Waals surface area contributed by atoms with Gasteiger partial charge in [0.05, 0.1) is 11.0 Å². The fourth-order valence-electron chi connectivity index (χ4n) is 2.54. The van der Waals surface area contributed by atoms with Crippen LogP contribution in [0.5, 0.6) is 11.5 Å². The van der Waals surface area contributed by atoms with Crippen molar-refractivity contribution in [2.24, 2.45) is 0 Å². The second kappa shape index (κ2) is 4.75. The van der Waals surface area contributed by atoms with E-state index in [-0.39, 0.29) is 11.0 Å². The molecule has 2 atom stereocenters. The standard InChI is InChI=1S/C16H18NO2P/c1-16(2,3)20-14-12(18)8-6-9-13(14)19-15(20)11-7-4-5-10-17-11/h4-10,15,18H,1-3H3/t15-,20-/m1/s1. The average Bonchev–Trinajstić information content (AvgIpc) is 2.80. The van der Waals surface area contributed by atoms with Gasteiger partial charge in [-0.15, -0.1) is 0 Å². The predicted octanol–water partition coefficient (Wildman–Crippen LogP) is 3.78. The molecule has 4 heteroatoms. The van der Waals surface area contributed by atoms with E-state index in [1.54, 1.807) is 12.3 Å². The molecule has 0 saturated carbocycles. The summed E-state index contributed by atoms with van der Waals surface area (Å²) in [6.45, 7) is 6.58. The molecule has 1 N–H and O–H groups in total. The minimum absolute atomic E-state index is 0.0294. The van der Waals surface area contributed by atoms with E-state index >= 15 is 0 Å². The predicted molar refractivity (Wildman–Crippen MR) is 82.0 cm³/mol. The summed E-state index contributed by atoms with van der Waals surface area (Å²) in [5.41, 5.74) is 0.934. The first-order chi connectivity index (χ1) is 9.48. The lowest BCUT2D eigenvalue weighted by Gasteiger charge is -2.31. The summed E-state index contributed by atoms with van der Waals surface area (Å²) < 4.78 is 6.12. The molecular weight excluding hydrogens is 269 g/mol. The third kappa shape index (κ3) is 2.16. The lowest BCUT2D eigenvalue weighted by Crippen LogP contribution is -2.20. The van der Waals surface area contributed by atoms with Crippen molar-refractivity contribution < 1.29 is 9.84 Å². The Bertz CT molecular complexity index is 622. The zero-order chi connectivity index (χ0) is 14.3. The van der Waals surface area contributed by atoms with E-state index in [4.69, 9.17) is 4.74 Å². The molecule has 1 aliphatic heterocycles. The number of aromatic hydroxyl groups is 1. The van der Waals surface area contributed by atoms with Gasteiger partial charge in [0.25, 0.3) is 0 Å². The zero-order valence-electron chi connectivity index (χ0n) is 11.9. The number of phenols is 1. The minimum atomic E-state index is -0.697. The molecule has 2 aromatic rings. The van der Waals surface area contributed by atoms with Crippen LogP contribution in [0.3, 0.4) is 0 Å². The van der Waals surface area contributed by atoms with Crippen LogP contribution >= 0.6 is 7.92 Å². The van der Waals surface area contributed by atoms with Crippen molar-refractivity contribution in [1.29, 1.82) is 0 Å². The molecule has 1 aromatic carbocycles. The SMILES string of the molecule is CC(C)(C)[P@]1c2c(O)cccc2O[C@H]1c1ccccn1. The molecule has 0 spiro atoms. The Kier molecular flexibility index (Phi) is 3.18. The van der Waals surface area contributed by atoms with Crippen LogP contribution in [0, 0.1) is 0 Å². The second-order valence-electron chi connectivity index (χ2n) is 5.89. The largest absolute Gasteiger partial charge is 0.507 e. The summed E-state index contributed by atoms with van der Waals surface area (Å²) in [5.74, 6) is 1.04. The highest BCUT2D eigenvalue weighted by Crippen LogP contribution is 2.65. The number of hydrogen-bond donors (Lipinski definition) is 1. The lowest BCUT2D eigenvalue weighted by atomic mass is 10.3. The Morgan fingerprint density at radius 2 is 1.95 bits per heavy atom. The molecule has 3 rings (SSSR count). The van der Waals surface area contributed by atoms with Gasteiger partial charge in [0.1, 0.15) is 11.5 Å². The Morgan fingerprint density at radius 3 is 2.60 bits per heavy atom. The number of nitrogens with zero attached hydrogens (tertiary/aromatic N) is 1. The van der Waals surface area contributed by atoms with Gasteiger partial charge < -0.3 is 9.84 Å². The molecule has 2 heterocycles. The van der Waals surface area contributed by atoms with E-state index in [0.29, 0.717) is 5.75 Å². The number of benzene rings is 1. The van der Waals surface area contributed by atoms with Gasteiger partial charge in [-0.2, -0.15) is 0 Å². The Labute approximate surface area is 120 Å². The fraction of sp³-hybridized carbons (Fsp3) is 0.312. The normalized spacial score (nSPS) is 21.4. The highest BCUT2D eigenvalue weighted by atomic mass is 31.1. The number of phenolic OH excluding ortho intramolecular Hbond substituents is 1. The Morgan fingerprint density at radius 1 is 1.15 bits per heavy atom. The van der Waals surface area contributed by atoms with Crippen LogP contribution in [0.25, 0.3) is 0 Å². The monoisotopic (exact) mass is 287 g/mol. The Hall–Kier alpha value is -1.60. The molecule has 0 amide bonds. The van der Waals surface area contributed by atoms with Crippen LogP contribution in [0.15, 0.2) is 42.6 Å². The van der Waals surface area contributed by atoms with E-state index in [9.17, 15) is 5.11 Å². The molecule has 3 nitrogen and oxygen atoms in total. The van der Waals surface area contributed by atoms with Crippen LogP contribution in [0.2, 0.25) is 0 Å². The molecule has 1 aromatic heterocycles. The number of rotatable bonds is 1. The van der Waals surface area contributed by atoms with Gasteiger partial charge in [0, 0.05) is 6.20 Å². The lowest BCUT2D eigenvalue weighted by molar-refractivity contribution is 0.294. The van der Waals surface area contributed by atoms with E-state index in [1.807, 2.05) is 30.3 Å². The molecule has 20 heavy (non-hydrogen) atoms. The maximum absolute atomic E-state index is 10.2. The maximum atomic E-state index is 10.2. The van der Waals surface area contributed by atoms with Crippen molar-refractivity contribution in [2.45, 2.75) is 31.8 Å². The molecule has 0 bridgehead atoms. The zero-order valence-corrected chi connectivity index (χ0v) is 12.8. The van der Waals surface area contributed by atoms with Crippen molar-refractivity contribution in [1.82, 2.24) is 4.98 Å². The van der Waals surface area contributed by atoms with Crippen LogP contribution in [0.4, 0.5) is 0 Å². The van der Waals surface area contributed by atoms with Crippen LogP contribution in [0.1, 0.15) is 32.3 Å². The van der Waals surface area contributed by atoms with Gasteiger partial charge in [0.2, 0.25) is 0 Å². The van der Waals surface area contributed by atoms with Gasteiger partial charge in [-0.05, 0) is 37.3 Å². The molecule has 0 aliphatic carbocycles. The molecule has 0 radical (unpaired) electrons. The summed E-state index contributed by atoms with van der Waals surface area (Å²) in [5, 5.41) is 11.2.